The van der Waals surface area contributed by atoms with E-state index in [4.69, 9.17) is 0 Å². The third kappa shape index (κ3) is 3.74. The minimum Gasteiger partial charge on any atom is -0.352 e. The number of nitrogens with one attached hydrogen (secondary N) is 1. The van der Waals surface area contributed by atoms with Gasteiger partial charge in [0.25, 0.3) is 0 Å². The van der Waals surface area contributed by atoms with Crippen molar-refractivity contribution < 1.29 is 6.22 Å². The second-order valence-electron chi connectivity index (χ2n) is 3.01. The molecule has 2 heteroatoms. The highest BCUT2D eigenvalue weighted by atomic mass is 16.1. The van der Waals surface area contributed by atoms with E-state index in [0.717, 1.165) is 12.0 Å². The van der Waals surface area contributed by atoms with E-state index in [1.54, 1.807) is 0 Å². The summed E-state index contributed by atoms with van der Waals surface area (Å²) in [4.78, 5) is 11.1. The molecule has 0 aliphatic heterocycles. The zero-order valence-electron chi connectivity index (χ0n) is 7.92. The van der Waals surface area contributed by atoms with E-state index < -0.39 is 0 Å². The Bertz CT molecular complexity index is 261. The van der Waals surface area contributed by atoms with E-state index in [9.17, 15) is 4.79 Å². The highest BCUT2D eigenvalue weighted by Crippen LogP contribution is 1.97. The summed E-state index contributed by atoms with van der Waals surface area (Å²) in [6.45, 7) is 2.64. The molecule has 0 bridgehead atoms. The highest BCUT2D eigenvalue weighted by molar-refractivity contribution is 5.75. The number of amides is 1. The average molecular weight is 179 g/mol. The summed E-state index contributed by atoms with van der Waals surface area (Å²) >= 11 is 0. The molecule has 1 aromatic rings. The van der Waals surface area contributed by atoms with Crippen molar-refractivity contribution in [1.82, 2.24) is 5.32 Å². The van der Waals surface area contributed by atoms with Crippen LogP contribution in [0.5, 0.6) is 0 Å². The lowest BCUT2D eigenvalue weighted by Crippen LogP contribution is -2.21. The van der Waals surface area contributed by atoms with E-state index >= 15 is 0 Å². The van der Waals surface area contributed by atoms with Crippen molar-refractivity contribution in [3.05, 3.63) is 35.9 Å². The topological polar surface area (TPSA) is 29.1 Å². The molecule has 0 radical (unpaired) electrons. The molecular weight excluding hydrogens is 162 g/mol. The maximum absolute atomic E-state index is 11.1. The second-order valence-corrected chi connectivity index (χ2v) is 3.01. The Morgan fingerprint density at radius 1 is 1.38 bits per heavy atom. The monoisotopic (exact) mass is 179 g/mol. The fraction of sp³-hybridized carbons (Fsp3) is 0.364. The Hall–Kier alpha value is -1.31. The molecule has 0 spiro atoms. The van der Waals surface area contributed by atoms with Crippen molar-refractivity contribution in [2.45, 2.75) is 26.3 Å². The SMILES string of the molecule is CCCC(=O)NCc1ccccc1.[HH]. The summed E-state index contributed by atoms with van der Waals surface area (Å²) in [5, 5.41) is 2.86. The van der Waals surface area contributed by atoms with Gasteiger partial charge in [-0.3, -0.25) is 4.79 Å². The predicted octanol–water partition coefficient (Wildman–Crippen LogP) is 2.35. The summed E-state index contributed by atoms with van der Waals surface area (Å²) < 4.78 is 0. The molecule has 13 heavy (non-hydrogen) atoms. The van der Waals surface area contributed by atoms with E-state index in [0.29, 0.717) is 13.0 Å². The molecule has 0 aliphatic carbocycles. The lowest BCUT2D eigenvalue weighted by molar-refractivity contribution is -0.121. The minimum absolute atomic E-state index is 0. The molecule has 1 amide bonds. The Morgan fingerprint density at radius 2 is 2.08 bits per heavy atom. The van der Waals surface area contributed by atoms with Gasteiger partial charge in [0.15, 0.2) is 0 Å². The predicted molar refractivity (Wildman–Crippen MR) is 55.3 cm³/mol. The van der Waals surface area contributed by atoms with E-state index in [1.807, 2.05) is 37.3 Å². The second kappa shape index (κ2) is 5.36. The summed E-state index contributed by atoms with van der Waals surface area (Å²) in [5.41, 5.74) is 1.15. The van der Waals surface area contributed by atoms with Gasteiger partial charge < -0.3 is 5.32 Å². The lowest BCUT2D eigenvalue weighted by Gasteiger charge is -2.03. The number of hydrogen-bond acceptors (Lipinski definition) is 1. The van der Waals surface area contributed by atoms with E-state index in [2.05, 4.69) is 5.32 Å². The molecule has 2 nitrogen and oxygen atoms in total. The summed E-state index contributed by atoms with van der Waals surface area (Å²) in [6, 6.07) is 9.93. The molecule has 0 saturated carbocycles. The molecule has 0 saturated heterocycles. The van der Waals surface area contributed by atoms with E-state index in [1.165, 1.54) is 0 Å². The molecule has 0 heterocycles. The van der Waals surface area contributed by atoms with Crippen LogP contribution in [0.15, 0.2) is 30.3 Å². The van der Waals surface area contributed by atoms with Gasteiger partial charge in [0, 0.05) is 14.4 Å². The summed E-state index contributed by atoms with van der Waals surface area (Å²) in [5.74, 6) is 0.131. The normalized spacial score (nSPS) is 9.62. The third-order valence-corrected chi connectivity index (χ3v) is 1.81. The van der Waals surface area contributed by atoms with Gasteiger partial charge in [-0.1, -0.05) is 37.3 Å². The Balaban J connectivity index is 0.00000169. The van der Waals surface area contributed by atoms with Gasteiger partial charge in [-0.15, -0.1) is 0 Å². The van der Waals surface area contributed by atoms with Crippen molar-refractivity contribution in [1.29, 1.82) is 0 Å². The van der Waals surface area contributed by atoms with Crippen LogP contribution in [0, 0.1) is 0 Å². The van der Waals surface area contributed by atoms with Crippen LogP contribution in [0.2, 0.25) is 0 Å². The zero-order chi connectivity index (χ0) is 9.52. The molecule has 0 fully saturated rings. The Morgan fingerprint density at radius 3 is 2.69 bits per heavy atom. The average Bonchev–Trinajstić information content (AvgIpc) is 2.17. The largest absolute Gasteiger partial charge is 0.352 e. The van der Waals surface area contributed by atoms with Crippen molar-refractivity contribution >= 4 is 5.91 Å². The quantitative estimate of drug-likeness (QED) is 0.755. The molecular formula is C11H17NO. The molecule has 1 aromatic carbocycles. The Kier molecular flexibility index (Phi) is 4.03. The first-order valence-corrected chi connectivity index (χ1v) is 4.63. The van der Waals surface area contributed by atoms with Crippen LogP contribution in [0.3, 0.4) is 0 Å². The molecule has 1 N–H and O–H groups in total. The molecule has 0 unspecified atom stereocenters. The molecule has 72 valence electrons. The molecule has 0 atom stereocenters. The lowest BCUT2D eigenvalue weighted by atomic mass is 10.2. The number of carbonyl (C=O) groups excluding carboxylic acids is 1. The molecule has 1 rings (SSSR count). The number of hydrogen-bond donors (Lipinski definition) is 1. The van der Waals surface area contributed by atoms with E-state index in [-0.39, 0.29) is 7.33 Å². The molecule has 0 aromatic heterocycles. The van der Waals surface area contributed by atoms with Gasteiger partial charge >= 0.3 is 0 Å². The van der Waals surface area contributed by atoms with Crippen LogP contribution in [0.1, 0.15) is 26.8 Å². The fourth-order valence-corrected chi connectivity index (χ4v) is 1.11. The van der Waals surface area contributed by atoms with Crippen molar-refractivity contribution in [3.63, 3.8) is 0 Å². The fourth-order valence-electron chi connectivity index (χ4n) is 1.11. The van der Waals surface area contributed by atoms with Gasteiger partial charge in [-0.25, -0.2) is 0 Å². The van der Waals surface area contributed by atoms with Gasteiger partial charge in [-0.05, 0) is 12.0 Å². The first-order valence-electron chi connectivity index (χ1n) is 4.63. The van der Waals surface area contributed by atoms with Gasteiger partial charge in [0.1, 0.15) is 0 Å². The maximum atomic E-state index is 11.1. The Labute approximate surface area is 80.5 Å². The zero-order valence-corrected chi connectivity index (χ0v) is 7.92. The number of rotatable bonds is 4. The van der Waals surface area contributed by atoms with Crippen LogP contribution in [0.4, 0.5) is 0 Å². The van der Waals surface area contributed by atoms with Crippen LogP contribution in [-0.2, 0) is 11.3 Å². The third-order valence-electron chi connectivity index (χ3n) is 1.81. The first-order chi connectivity index (χ1) is 6.33. The van der Waals surface area contributed by atoms with Gasteiger partial charge in [-0.2, -0.15) is 0 Å². The van der Waals surface area contributed by atoms with Crippen LogP contribution < -0.4 is 5.32 Å². The summed E-state index contributed by atoms with van der Waals surface area (Å²) in [7, 11) is 0. The first kappa shape index (κ1) is 9.78. The summed E-state index contributed by atoms with van der Waals surface area (Å²) in [6.07, 6.45) is 1.52. The van der Waals surface area contributed by atoms with Crippen molar-refractivity contribution in [3.8, 4) is 0 Å². The standard InChI is InChI=1S/C11H15NO.H2/c1-2-6-11(13)12-9-10-7-4-3-5-8-10;/h3-5,7-8H,2,6,9H2,1H3,(H,12,13);1H. The van der Waals surface area contributed by atoms with Crippen LogP contribution in [0.25, 0.3) is 0 Å². The minimum atomic E-state index is 0. The van der Waals surface area contributed by atoms with Crippen LogP contribution in [-0.4, -0.2) is 5.91 Å². The van der Waals surface area contributed by atoms with Gasteiger partial charge in [0.2, 0.25) is 5.91 Å². The van der Waals surface area contributed by atoms with Crippen LogP contribution >= 0.6 is 0 Å². The highest BCUT2D eigenvalue weighted by Gasteiger charge is 1.97. The van der Waals surface area contributed by atoms with Crippen molar-refractivity contribution in [2.75, 3.05) is 0 Å². The van der Waals surface area contributed by atoms with Gasteiger partial charge in [0.05, 0.1) is 0 Å². The van der Waals surface area contributed by atoms with Crippen molar-refractivity contribution in [2.24, 2.45) is 0 Å². The number of benzene rings is 1. The maximum Gasteiger partial charge on any atom is 0.220 e. The smallest absolute Gasteiger partial charge is 0.220 e. The molecule has 0 aliphatic rings. The number of carbonyl (C=O) groups is 1.